The van der Waals surface area contributed by atoms with Crippen molar-refractivity contribution in [2.45, 2.75) is 25.3 Å². The maximum absolute atomic E-state index is 13.6. The van der Waals surface area contributed by atoms with Crippen LogP contribution in [0.2, 0.25) is 0 Å². The lowest BCUT2D eigenvalue weighted by atomic mass is 9.96. The molecule has 2 amide bonds. The number of nitrogens with one attached hydrogen (secondary N) is 2. The minimum absolute atomic E-state index is 0.0701. The van der Waals surface area contributed by atoms with Gasteiger partial charge in [-0.3, -0.25) is 0 Å². The Labute approximate surface area is 127 Å². The van der Waals surface area contributed by atoms with E-state index in [1.54, 1.807) is 0 Å². The Morgan fingerprint density at radius 2 is 1.95 bits per heavy atom. The number of carboxylic acids is 1. The Kier molecular flexibility index (Phi) is 4.18. The van der Waals surface area contributed by atoms with Gasteiger partial charge < -0.3 is 15.7 Å². The first-order chi connectivity index (χ1) is 9.74. The van der Waals surface area contributed by atoms with Gasteiger partial charge in [0.2, 0.25) is 0 Å². The molecule has 2 rings (SSSR count). The van der Waals surface area contributed by atoms with Gasteiger partial charge in [-0.15, -0.1) is 0 Å². The summed E-state index contributed by atoms with van der Waals surface area (Å²) in [4.78, 5) is 23.1. The van der Waals surface area contributed by atoms with Crippen molar-refractivity contribution in [3.63, 3.8) is 0 Å². The molecule has 1 unspecified atom stereocenters. The summed E-state index contributed by atoms with van der Waals surface area (Å²) >= 11 is 2.82. The Balaban J connectivity index is 2.11. The smallest absolute Gasteiger partial charge is 0.329 e. The molecule has 1 aromatic rings. The van der Waals surface area contributed by atoms with Gasteiger partial charge in [0.1, 0.15) is 17.2 Å². The Morgan fingerprint density at radius 1 is 1.33 bits per heavy atom. The third-order valence-corrected chi connectivity index (χ3v) is 4.08. The molecule has 8 heteroatoms. The van der Waals surface area contributed by atoms with Crippen molar-refractivity contribution in [2.24, 2.45) is 5.92 Å². The molecule has 3 N–H and O–H groups in total. The second-order valence-electron chi connectivity index (χ2n) is 5.11. The van der Waals surface area contributed by atoms with E-state index in [-0.39, 0.29) is 16.1 Å². The lowest BCUT2D eigenvalue weighted by molar-refractivity contribution is -0.144. The van der Waals surface area contributed by atoms with Gasteiger partial charge in [-0.2, -0.15) is 0 Å². The molecule has 21 heavy (non-hydrogen) atoms. The van der Waals surface area contributed by atoms with Crippen LogP contribution in [0.3, 0.4) is 0 Å². The lowest BCUT2D eigenvalue weighted by Crippen LogP contribution is -2.55. The standard InChI is InChI=1S/C13H13BrF2N2O3/c1-13(11(19)20,6-2-3-6)18-12(21)17-10-5-8(15)7(14)4-9(10)16/h4-6H,2-3H2,1H3,(H,19,20)(H2,17,18,21). The molecule has 5 nitrogen and oxygen atoms in total. The number of rotatable bonds is 4. The molecule has 0 aromatic heterocycles. The number of aliphatic carboxylic acids is 1. The van der Waals surface area contributed by atoms with E-state index in [1.807, 2.05) is 0 Å². The number of hydrogen-bond donors (Lipinski definition) is 3. The van der Waals surface area contributed by atoms with Crippen LogP contribution in [-0.4, -0.2) is 22.6 Å². The average molecular weight is 363 g/mol. The average Bonchev–Trinajstić information content (AvgIpc) is 3.19. The van der Waals surface area contributed by atoms with Crippen LogP contribution >= 0.6 is 15.9 Å². The van der Waals surface area contributed by atoms with Crippen LogP contribution in [0.5, 0.6) is 0 Å². The molecule has 1 atom stereocenters. The highest BCUT2D eigenvalue weighted by atomic mass is 79.9. The van der Waals surface area contributed by atoms with Gasteiger partial charge in [-0.1, -0.05) is 0 Å². The highest BCUT2D eigenvalue weighted by Gasteiger charge is 2.48. The number of carbonyl (C=O) groups is 2. The number of anilines is 1. The summed E-state index contributed by atoms with van der Waals surface area (Å²) < 4.78 is 26.9. The van der Waals surface area contributed by atoms with E-state index in [0.29, 0.717) is 12.8 Å². The van der Waals surface area contributed by atoms with Crippen molar-refractivity contribution in [1.29, 1.82) is 0 Å². The molecule has 1 aromatic carbocycles. The van der Waals surface area contributed by atoms with Crippen molar-refractivity contribution in [3.8, 4) is 0 Å². The van der Waals surface area contributed by atoms with Gasteiger partial charge in [0.25, 0.3) is 0 Å². The Hall–Kier alpha value is -1.70. The molecular formula is C13H13BrF2N2O3. The first-order valence-corrected chi connectivity index (χ1v) is 7.00. The Bertz CT molecular complexity index is 607. The van der Waals surface area contributed by atoms with Crippen molar-refractivity contribution < 1.29 is 23.5 Å². The van der Waals surface area contributed by atoms with E-state index in [1.165, 1.54) is 6.92 Å². The third-order valence-electron chi connectivity index (χ3n) is 3.47. The monoisotopic (exact) mass is 362 g/mol. The van der Waals surface area contributed by atoms with Crippen molar-refractivity contribution in [3.05, 3.63) is 28.2 Å². The SMILES string of the molecule is CC(NC(=O)Nc1cc(F)c(Br)cc1F)(C(=O)O)C1CC1. The predicted molar refractivity (Wildman–Crippen MR) is 75.0 cm³/mol. The number of amides is 2. The maximum atomic E-state index is 13.6. The molecule has 0 radical (unpaired) electrons. The fourth-order valence-electron chi connectivity index (χ4n) is 2.00. The van der Waals surface area contributed by atoms with Crippen LogP contribution in [-0.2, 0) is 4.79 Å². The van der Waals surface area contributed by atoms with E-state index in [2.05, 4.69) is 26.6 Å². The minimum atomic E-state index is -1.42. The van der Waals surface area contributed by atoms with E-state index >= 15 is 0 Å². The van der Waals surface area contributed by atoms with Gasteiger partial charge in [0.05, 0.1) is 10.2 Å². The molecule has 0 aliphatic heterocycles. The highest BCUT2D eigenvalue weighted by molar-refractivity contribution is 9.10. The fraction of sp³-hybridized carbons (Fsp3) is 0.385. The summed E-state index contributed by atoms with van der Waals surface area (Å²) in [6.45, 7) is 1.39. The van der Waals surface area contributed by atoms with Crippen LogP contribution in [0.25, 0.3) is 0 Å². The van der Waals surface area contributed by atoms with Crippen LogP contribution in [0.15, 0.2) is 16.6 Å². The van der Waals surface area contributed by atoms with E-state index in [0.717, 1.165) is 12.1 Å². The topological polar surface area (TPSA) is 78.4 Å². The molecule has 0 heterocycles. The molecule has 1 aliphatic carbocycles. The number of carboxylic acid groups (broad SMARTS) is 1. The fourth-order valence-corrected chi connectivity index (χ4v) is 2.31. The van der Waals surface area contributed by atoms with Crippen LogP contribution in [0.1, 0.15) is 19.8 Å². The summed E-state index contributed by atoms with van der Waals surface area (Å²) in [5.41, 5.74) is -1.79. The zero-order chi connectivity index (χ0) is 15.8. The quantitative estimate of drug-likeness (QED) is 0.720. The maximum Gasteiger partial charge on any atom is 0.329 e. The van der Waals surface area contributed by atoms with Crippen molar-refractivity contribution >= 4 is 33.6 Å². The van der Waals surface area contributed by atoms with Crippen LogP contribution in [0.4, 0.5) is 19.3 Å². The number of halogens is 3. The predicted octanol–water partition coefficient (Wildman–Crippen LogP) is 3.10. The third kappa shape index (κ3) is 3.31. The van der Waals surface area contributed by atoms with Crippen LogP contribution in [0, 0.1) is 17.6 Å². The summed E-state index contributed by atoms with van der Waals surface area (Å²) in [7, 11) is 0. The second kappa shape index (κ2) is 5.59. The summed E-state index contributed by atoms with van der Waals surface area (Å²) in [6, 6.07) is 0.795. The van der Waals surface area contributed by atoms with Gasteiger partial charge >= 0.3 is 12.0 Å². The first-order valence-electron chi connectivity index (χ1n) is 6.21. The molecule has 0 saturated heterocycles. The summed E-state index contributed by atoms with van der Waals surface area (Å²) in [5.74, 6) is -2.90. The molecule has 1 fully saturated rings. The van der Waals surface area contributed by atoms with Crippen molar-refractivity contribution in [2.75, 3.05) is 5.32 Å². The zero-order valence-corrected chi connectivity index (χ0v) is 12.6. The van der Waals surface area contributed by atoms with Gasteiger partial charge in [-0.05, 0) is 47.7 Å². The van der Waals surface area contributed by atoms with Gasteiger partial charge in [0, 0.05) is 6.07 Å². The van der Waals surface area contributed by atoms with Crippen LogP contribution < -0.4 is 10.6 Å². The summed E-state index contributed by atoms with van der Waals surface area (Å²) in [6.07, 6.45) is 1.40. The largest absolute Gasteiger partial charge is 0.480 e. The number of carbonyl (C=O) groups excluding carboxylic acids is 1. The van der Waals surface area contributed by atoms with E-state index in [4.69, 9.17) is 0 Å². The van der Waals surface area contributed by atoms with Gasteiger partial charge in [0.15, 0.2) is 0 Å². The van der Waals surface area contributed by atoms with Gasteiger partial charge in [-0.25, -0.2) is 18.4 Å². The van der Waals surface area contributed by atoms with E-state index < -0.39 is 29.2 Å². The highest BCUT2D eigenvalue weighted by Crippen LogP contribution is 2.39. The lowest BCUT2D eigenvalue weighted by Gasteiger charge is -2.26. The molecule has 0 spiro atoms. The normalized spacial score (nSPS) is 17.0. The molecule has 1 saturated carbocycles. The van der Waals surface area contributed by atoms with Crippen molar-refractivity contribution in [1.82, 2.24) is 5.32 Å². The number of hydrogen-bond acceptors (Lipinski definition) is 2. The molecule has 114 valence electrons. The minimum Gasteiger partial charge on any atom is -0.480 e. The zero-order valence-electron chi connectivity index (χ0n) is 11.0. The first kappa shape index (κ1) is 15.7. The number of urea groups is 1. The Morgan fingerprint density at radius 3 is 2.48 bits per heavy atom. The molecule has 1 aliphatic rings. The molecule has 0 bridgehead atoms. The second-order valence-corrected chi connectivity index (χ2v) is 5.96. The molecular weight excluding hydrogens is 350 g/mol. The summed E-state index contributed by atoms with van der Waals surface area (Å²) in [5, 5.41) is 13.6. The van der Waals surface area contributed by atoms with E-state index in [9.17, 15) is 23.5 Å². The number of benzene rings is 1.